The highest BCUT2D eigenvalue weighted by Gasteiger charge is 2.21. The first kappa shape index (κ1) is 11.6. The molecule has 0 aliphatic carbocycles. The van der Waals surface area contributed by atoms with Crippen LogP contribution in [0.1, 0.15) is 43.0 Å². The number of hydrogen-bond acceptors (Lipinski definition) is 4. The van der Waals surface area contributed by atoms with Crippen molar-refractivity contribution < 1.29 is 9.90 Å². The van der Waals surface area contributed by atoms with Crippen molar-refractivity contribution in [1.29, 1.82) is 0 Å². The van der Waals surface area contributed by atoms with Gasteiger partial charge < -0.3 is 10.8 Å². The Labute approximate surface area is 88.1 Å². The predicted octanol–water partition coefficient (Wildman–Crippen LogP) is -0.119. The van der Waals surface area contributed by atoms with Gasteiger partial charge in [-0.3, -0.25) is 4.79 Å². The molecule has 0 aliphatic heterocycles. The second kappa shape index (κ2) is 4.39. The first-order chi connectivity index (χ1) is 6.99. The van der Waals surface area contributed by atoms with Crippen molar-refractivity contribution in [2.24, 2.45) is 5.73 Å². The molecule has 1 aromatic heterocycles. The zero-order chi connectivity index (χ0) is 11.6. The summed E-state index contributed by atoms with van der Waals surface area (Å²) in [5.74, 6) is -0.587. The maximum Gasteiger partial charge on any atom is 0.271 e. The number of aromatic nitrogens is 3. The lowest BCUT2D eigenvalue weighted by Gasteiger charge is -2.16. The fourth-order valence-electron chi connectivity index (χ4n) is 1.37. The van der Waals surface area contributed by atoms with E-state index in [9.17, 15) is 9.90 Å². The highest BCUT2D eigenvalue weighted by Crippen LogP contribution is 2.15. The van der Waals surface area contributed by atoms with Crippen LogP contribution in [0.4, 0.5) is 0 Å². The molecule has 0 aromatic carbocycles. The summed E-state index contributed by atoms with van der Waals surface area (Å²) in [5.41, 5.74) is 6.01. The van der Waals surface area contributed by atoms with Crippen molar-refractivity contribution >= 4 is 5.91 Å². The quantitative estimate of drug-likeness (QED) is 0.727. The summed E-state index contributed by atoms with van der Waals surface area (Å²) in [5, 5.41) is 17.0. The Kier molecular flexibility index (Phi) is 3.41. The average molecular weight is 212 g/mol. The summed E-state index contributed by atoms with van der Waals surface area (Å²) in [6, 6.07) is -0.222. The molecule has 1 rings (SSSR count). The number of rotatable bonds is 4. The van der Waals surface area contributed by atoms with Crippen LogP contribution in [0.2, 0.25) is 0 Å². The summed E-state index contributed by atoms with van der Waals surface area (Å²) in [6.45, 7) is 5.36. The lowest BCUT2D eigenvalue weighted by Crippen LogP contribution is -2.22. The van der Waals surface area contributed by atoms with Gasteiger partial charge in [-0.05, 0) is 20.3 Å². The molecule has 1 heterocycles. The Morgan fingerprint density at radius 3 is 2.60 bits per heavy atom. The van der Waals surface area contributed by atoms with Crippen LogP contribution in [0, 0.1) is 0 Å². The van der Waals surface area contributed by atoms with Crippen LogP contribution in [0.15, 0.2) is 0 Å². The highest BCUT2D eigenvalue weighted by molar-refractivity contribution is 5.91. The maximum atomic E-state index is 11.0. The van der Waals surface area contributed by atoms with Crippen molar-refractivity contribution in [3.63, 3.8) is 0 Å². The van der Waals surface area contributed by atoms with E-state index in [1.54, 1.807) is 11.6 Å². The first-order valence-electron chi connectivity index (χ1n) is 4.91. The van der Waals surface area contributed by atoms with Gasteiger partial charge >= 0.3 is 0 Å². The van der Waals surface area contributed by atoms with Crippen LogP contribution in [0.25, 0.3) is 0 Å². The number of carbonyl (C=O) groups excluding carboxylic acids is 1. The third kappa shape index (κ3) is 2.15. The van der Waals surface area contributed by atoms with Gasteiger partial charge in [-0.15, -0.1) is 5.10 Å². The van der Waals surface area contributed by atoms with Crippen molar-refractivity contribution in [1.82, 2.24) is 15.0 Å². The van der Waals surface area contributed by atoms with E-state index in [1.165, 1.54) is 0 Å². The maximum absolute atomic E-state index is 11.0. The number of nitrogens with two attached hydrogens (primary N) is 1. The van der Waals surface area contributed by atoms with Gasteiger partial charge in [0.1, 0.15) is 0 Å². The zero-order valence-corrected chi connectivity index (χ0v) is 9.14. The molecule has 3 N–H and O–H groups in total. The monoisotopic (exact) mass is 212 g/mol. The van der Waals surface area contributed by atoms with E-state index in [0.717, 1.165) is 0 Å². The molecule has 0 spiro atoms. The molecule has 84 valence electrons. The molecule has 6 heteroatoms. The summed E-state index contributed by atoms with van der Waals surface area (Å²) in [7, 11) is 0. The van der Waals surface area contributed by atoms with E-state index in [0.29, 0.717) is 12.1 Å². The minimum absolute atomic E-state index is 0.185. The second-order valence-corrected chi connectivity index (χ2v) is 3.53. The highest BCUT2D eigenvalue weighted by atomic mass is 16.3. The molecular formula is C9H16N4O2. The third-order valence-corrected chi connectivity index (χ3v) is 2.44. The van der Waals surface area contributed by atoms with E-state index in [1.807, 2.05) is 13.8 Å². The molecule has 0 radical (unpaired) electrons. The standard InChI is InChI=1S/C9H16N4O2/c1-4-7-8(9(10)15)11-12-13(7)5(2)6(3)14/h5-6,14H,4H2,1-3H3,(H2,10,15). The van der Waals surface area contributed by atoms with Crippen molar-refractivity contribution in [3.8, 4) is 0 Å². The summed E-state index contributed by atoms with van der Waals surface area (Å²) in [6.07, 6.45) is 0.0419. The molecule has 6 nitrogen and oxygen atoms in total. The number of carbonyl (C=O) groups is 1. The van der Waals surface area contributed by atoms with Gasteiger partial charge in [0.05, 0.1) is 17.8 Å². The summed E-state index contributed by atoms with van der Waals surface area (Å²) < 4.78 is 1.55. The molecule has 2 atom stereocenters. The smallest absolute Gasteiger partial charge is 0.271 e. The molecule has 0 bridgehead atoms. The normalized spacial score (nSPS) is 14.9. The largest absolute Gasteiger partial charge is 0.391 e. The lowest BCUT2D eigenvalue weighted by atomic mass is 10.2. The number of aliphatic hydroxyl groups is 1. The van der Waals surface area contributed by atoms with Crippen LogP contribution in [0.3, 0.4) is 0 Å². The fraction of sp³-hybridized carbons (Fsp3) is 0.667. The number of nitrogens with zero attached hydrogens (tertiary/aromatic N) is 3. The van der Waals surface area contributed by atoms with Crippen molar-refractivity contribution in [3.05, 3.63) is 11.4 Å². The number of aliphatic hydroxyl groups excluding tert-OH is 1. The Bertz CT molecular complexity index is 359. The minimum atomic E-state index is -0.587. The van der Waals surface area contributed by atoms with Gasteiger partial charge in [0, 0.05) is 0 Å². The van der Waals surface area contributed by atoms with Gasteiger partial charge in [0.15, 0.2) is 5.69 Å². The molecule has 0 saturated carbocycles. The van der Waals surface area contributed by atoms with Crippen molar-refractivity contribution in [2.75, 3.05) is 0 Å². The Morgan fingerprint density at radius 1 is 1.60 bits per heavy atom. The van der Waals surface area contributed by atoms with Crippen LogP contribution in [-0.2, 0) is 6.42 Å². The number of primary amides is 1. The van der Waals surface area contributed by atoms with Crippen LogP contribution >= 0.6 is 0 Å². The summed E-state index contributed by atoms with van der Waals surface area (Å²) >= 11 is 0. The lowest BCUT2D eigenvalue weighted by molar-refractivity contribution is 0.0993. The van der Waals surface area contributed by atoms with E-state index in [2.05, 4.69) is 10.3 Å². The second-order valence-electron chi connectivity index (χ2n) is 3.53. The minimum Gasteiger partial charge on any atom is -0.391 e. The van der Waals surface area contributed by atoms with Gasteiger partial charge in [0.2, 0.25) is 0 Å². The molecule has 1 amide bonds. The molecule has 0 fully saturated rings. The first-order valence-corrected chi connectivity index (χ1v) is 4.91. The molecule has 0 aliphatic rings. The van der Waals surface area contributed by atoms with Crippen LogP contribution in [-0.4, -0.2) is 32.1 Å². The van der Waals surface area contributed by atoms with Crippen molar-refractivity contribution in [2.45, 2.75) is 39.3 Å². The molecule has 2 unspecified atom stereocenters. The molecule has 0 saturated heterocycles. The van der Waals surface area contributed by atoms with Crippen LogP contribution < -0.4 is 5.73 Å². The summed E-state index contributed by atoms with van der Waals surface area (Å²) in [4.78, 5) is 11.0. The zero-order valence-electron chi connectivity index (χ0n) is 9.14. The van der Waals surface area contributed by atoms with Crippen LogP contribution in [0.5, 0.6) is 0 Å². The molecular weight excluding hydrogens is 196 g/mol. The Balaban J connectivity index is 3.14. The van der Waals surface area contributed by atoms with E-state index in [-0.39, 0.29) is 11.7 Å². The van der Waals surface area contributed by atoms with Gasteiger partial charge in [0.25, 0.3) is 5.91 Å². The number of hydrogen-bond donors (Lipinski definition) is 2. The SMILES string of the molecule is CCc1c(C(N)=O)nnn1C(C)C(C)O. The van der Waals surface area contributed by atoms with Gasteiger partial charge in [-0.2, -0.15) is 0 Å². The Hall–Kier alpha value is -1.43. The van der Waals surface area contributed by atoms with Gasteiger partial charge in [-0.1, -0.05) is 12.1 Å². The van der Waals surface area contributed by atoms with E-state index >= 15 is 0 Å². The average Bonchev–Trinajstić information content (AvgIpc) is 2.59. The van der Waals surface area contributed by atoms with Gasteiger partial charge in [-0.25, -0.2) is 4.68 Å². The molecule has 15 heavy (non-hydrogen) atoms. The van der Waals surface area contributed by atoms with E-state index < -0.39 is 12.0 Å². The Morgan fingerprint density at radius 2 is 2.20 bits per heavy atom. The fourth-order valence-corrected chi connectivity index (χ4v) is 1.37. The topological polar surface area (TPSA) is 94.0 Å². The predicted molar refractivity (Wildman–Crippen MR) is 54.3 cm³/mol. The third-order valence-electron chi connectivity index (χ3n) is 2.44. The van der Waals surface area contributed by atoms with E-state index in [4.69, 9.17) is 5.73 Å². The molecule has 1 aromatic rings. The number of amides is 1.